The Hall–Kier alpha value is -0.120. The zero-order valence-electron chi connectivity index (χ0n) is 20.8. The van der Waals surface area contributed by atoms with Crippen molar-refractivity contribution in [1.82, 2.24) is 0 Å². The van der Waals surface area contributed by atoms with Crippen LogP contribution in [0.4, 0.5) is 0 Å². The number of hydrogen-bond acceptors (Lipinski definition) is 3. The second-order valence-electron chi connectivity index (χ2n) is 13.9. The number of ether oxygens (including phenoxy) is 2. The predicted molar refractivity (Wildman–Crippen MR) is 123 cm³/mol. The Bertz CT molecular complexity index is 743. The second-order valence-corrected chi connectivity index (χ2v) is 13.9. The predicted octanol–water partition coefficient (Wildman–Crippen LogP) is 5.83. The molecule has 12 atom stereocenters. The van der Waals surface area contributed by atoms with Crippen molar-refractivity contribution in [3.63, 3.8) is 0 Å². The van der Waals surface area contributed by atoms with Crippen molar-refractivity contribution in [3.8, 4) is 0 Å². The van der Waals surface area contributed by atoms with Crippen molar-refractivity contribution in [2.45, 2.75) is 116 Å². The number of epoxide rings is 1. The van der Waals surface area contributed by atoms with Gasteiger partial charge in [-0.3, -0.25) is 0 Å². The van der Waals surface area contributed by atoms with Crippen LogP contribution in [0.2, 0.25) is 0 Å². The third-order valence-corrected chi connectivity index (χ3v) is 12.5. The fourth-order valence-electron chi connectivity index (χ4n) is 11.0. The third-order valence-electron chi connectivity index (χ3n) is 12.5. The summed E-state index contributed by atoms with van der Waals surface area (Å²) in [6.45, 7) is 11.6. The van der Waals surface area contributed by atoms with E-state index in [2.05, 4.69) is 20.8 Å². The highest BCUT2D eigenvalue weighted by Gasteiger charge is 2.77. The number of aliphatic hydroxyl groups is 1. The monoisotopic (exact) mass is 430 g/mol. The summed E-state index contributed by atoms with van der Waals surface area (Å²) in [5.74, 6) is 5.16. The van der Waals surface area contributed by atoms with Crippen molar-refractivity contribution in [2.75, 3.05) is 7.11 Å². The molecule has 0 aromatic rings. The summed E-state index contributed by atoms with van der Waals surface area (Å²) in [6, 6.07) is 0. The molecule has 3 nitrogen and oxygen atoms in total. The van der Waals surface area contributed by atoms with E-state index in [9.17, 15) is 5.11 Å². The first kappa shape index (κ1) is 21.4. The van der Waals surface area contributed by atoms with Crippen LogP contribution in [0.25, 0.3) is 0 Å². The number of rotatable bonds is 5. The fourth-order valence-corrected chi connectivity index (χ4v) is 11.0. The molecule has 5 saturated carbocycles. The standard InChI is InChI=1S/C28H46O3/c1-16(13-22-24(31-22)25(2,3)29)19-7-8-20-18-14-23(30-6)28-15-17(28)9-12-27(28,5)21(18)10-11-26(19,20)4/h16-24,29H,7-15H2,1-6H3/t16-,17+,18+,19-,20+,21+,22-,23-,24+,26-,27-,28+/m1/s1. The smallest absolute Gasteiger partial charge is 0.112 e. The van der Waals surface area contributed by atoms with E-state index in [0.717, 1.165) is 36.0 Å². The first-order chi connectivity index (χ1) is 14.6. The van der Waals surface area contributed by atoms with Crippen LogP contribution in [-0.2, 0) is 9.47 Å². The zero-order chi connectivity index (χ0) is 22.0. The van der Waals surface area contributed by atoms with E-state index in [1.807, 2.05) is 21.0 Å². The number of fused-ring (bicyclic) bond motifs is 4. The van der Waals surface area contributed by atoms with Crippen LogP contribution >= 0.6 is 0 Å². The fraction of sp³-hybridized carbons (Fsp3) is 1.00. The van der Waals surface area contributed by atoms with Crippen molar-refractivity contribution in [2.24, 2.45) is 51.8 Å². The molecule has 5 aliphatic carbocycles. The Morgan fingerprint density at radius 1 is 1.10 bits per heavy atom. The topological polar surface area (TPSA) is 42.0 Å². The molecular weight excluding hydrogens is 384 g/mol. The molecule has 6 fully saturated rings. The Morgan fingerprint density at radius 3 is 2.52 bits per heavy atom. The van der Waals surface area contributed by atoms with E-state index in [0.29, 0.717) is 28.3 Å². The van der Waals surface area contributed by atoms with Gasteiger partial charge in [0.05, 0.1) is 17.8 Å². The SMILES string of the molecule is CO[C@@H]1C[C@H]2[C@@H]3CC[C@H]([C@H](C)C[C@H]4O[C@@H]4C(C)(C)O)[C@@]3(C)CC[C@@H]2[C@@]2(C)CC[C@H]3C[C@]312. The van der Waals surface area contributed by atoms with Gasteiger partial charge >= 0.3 is 0 Å². The minimum absolute atomic E-state index is 0.0430. The van der Waals surface area contributed by atoms with Crippen molar-refractivity contribution in [3.05, 3.63) is 0 Å². The van der Waals surface area contributed by atoms with Crippen molar-refractivity contribution in [1.29, 1.82) is 0 Å². The average molecular weight is 431 g/mol. The highest BCUT2D eigenvalue weighted by molar-refractivity contribution is 5.26. The Kier molecular flexibility index (Phi) is 4.50. The lowest BCUT2D eigenvalue weighted by Crippen LogP contribution is -2.57. The summed E-state index contributed by atoms with van der Waals surface area (Å²) < 4.78 is 12.2. The molecule has 3 heteroatoms. The molecule has 0 bridgehead atoms. The van der Waals surface area contributed by atoms with Gasteiger partial charge in [0.25, 0.3) is 0 Å². The lowest BCUT2D eigenvalue weighted by atomic mass is 9.45. The van der Waals surface area contributed by atoms with E-state index >= 15 is 0 Å². The summed E-state index contributed by atoms with van der Waals surface area (Å²) in [6.07, 6.45) is 13.4. The van der Waals surface area contributed by atoms with Gasteiger partial charge in [-0.1, -0.05) is 20.8 Å². The summed E-state index contributed by atoms with van der Waals surface area (Å²) in [4.78, 5) is 0. The highest BCUT2D eigenvalue weighted by atomic mass is 16.6. The normalized spacial score (nSPS) is 58.2. The van der Waals surface area contributed by atoms with E-state index in [4.69, 9.17) is 9.47 Å². The van der Waals surface area contributed by atoms with Gasteiger partial charge in [0.1, 0.15) is 6.10 Å². The highest BCUT2D eigenvalue weighted by Crippen LogP contribution is 2.82. The molecule has 1 saturated heterocycles. The van der Waals surface area contributed by atoms with Gasteiger partial charge in [-0.15, -0.1) is 0 Å². The van der Waals surface area contributed by atoms with Crippen LogP contribution in [-0.4, -0.2) is 36.1 Å². The molecule has 176 valence electrons. The van der Waals surface area contributed by atoms with E-state index < -0.39 is 5.60 Å². The first-order valence-corrected chi connectivity index (χ1v) is 13.5. The van der Waals surface area contributed by atoms with E-state index in [-0.39, 0.29) is 12.2 Å². The Labute approximate surface area is 190 Å². The molecule has 0 unspecified atom stereocenters. The zero-order valence-corrected chi connectivity index (χ0v) is 20.8. The van der Waals surface area contributed by atoms with Crippen LogP contribution < -0.4 is 0 Å². The van der Waals surface area contributed by atoms with Crippen LogP contribution in [0, 0.1) is 51.8 Å². The molecule has 0 radical (unpaired) electrons. The van der Waals surface area contributed by atoms with Crippen LogP contribution in [0.1, 0.15) is 92.4 Å². The Balaban J connectivity index is 1.21. The molecule has 1 aliphatic heterocycles. The molecule has 0 aromatic heterocycles. The number of methoxy groups -OCH3 is 1. The molecule has 31 heavy (non-hydrogen) atoms. The summed E-state index contributed by atoms with van der Waals surface area (Å²) >= 11 is 0. The molecule has 6 rings (SSSR count). The minimum Gasteiger partial charge on any atom is -0.388 e. The summed E-state index contributed by atoms with van der Waals surface area (Å²) in [7, 11) is 2.00. The summed E-state index contributed by atoms with van der Waals surface area (Å²) in [5, 5.41) is 10.3. The molecule has 0 aromatic carbocycles. The van der Waals surface area contributed by atoms with Crippen molar-refractivity contribution < 1.29 is 14.6 Å². The third kappa shape index (κ3) is 2.69. The quantitative estimate of drug-likeness (QED) is 0.558. The molecule has 0 amide bonds. The molecule has 1 heterocycles. The van der Waals surface area contributed by atoms with Gasteiger partial charge in [-0.05, 0) is 118 Å². The largest absolute Gasteiger partial charge is 0.388 e. The van der Waals surface area contributed by atoms with Gasteiger partial charge in [0.15, 0.2) is 0 Å². The summed E-state index contributed by atoms with van der Waals surface area (Å²) in [5.41, 5.74) is 0.862. The van der Waals surface area contributed by atoms with E-state index in [1.165, 1.54) is 51.4 Å². The van der Waals surface area contributed by atoms with E-state index in [1.54, 1.807) is 0 Å². The van der Waals surface area contributed by atoms with Crippen molar-refractivity contribution >= 4 is 0 Å². The number of hydrogen-bond donors (Lipinski definition) is 1. The van der Waals surface area contributed by atoms with Gasteiger partial charge in [0, 0.05) is 12.5 Å². The van der Waals surface area contributed by atoms with Crippen LogP contribution in [0.15, 0.2) is 0 Å². The van der Waals surface area contributed by atoms with Gasteiger partial charge < -0.3 is 14.6 Å². The lowest BCUT2D eigenvalue weighted by Gasteiger charge is -2.61. The van der Waals surface area contributed by atoms with Crippen LogP contribution in [0.3, 0.4) is 0 Å². The first-order valence-electron chi connectivity index (χ1n) is 13.5. The minimum atomic E-state index is -0.699. The lowest BCUT2D eigenvalue weighted by molar-refractivity contribution is -0.161. The van der Waals surface area contributed by atoms with Crippen LogP contribution in [0.5, 0.6) is 0 Å². The van der Waals surface area contributed by atoms with Gasteiger partial charge in [-0.25, -0.2) is 0 Å². The maximum absolute atomic E-state index is 10.3. The Morgan fingerprint density at radius 2 is 1.87 bits per heavy atom. The van der Waals surface area contributed by atoms with Gasteiger partial charge in [0.2, 0.25) is 0 Å². The van der Waals surface area contributed by atoms with Gasteiger partial charge in [-0.2, -0.15) is 0 Å². The molecular formula is C28H46O3. The molecule has 6 aliphatic rings. The maximum atomic E-state index is 10.3. The maximum Gasteiger partial charge on any atom is 0.112 e. The molecule has 1 spiro atoms. The average Bonchev–Trinajstić information content (AvgIpc) is 3.57. The molecule has 1 N–H and O–H groups in total. The second kappa shape index (κ2) is 6.51.